The van der Waals surface area contributed by atoms with Gasteiger partial charge < -0.3 is 14.7 Å². The highest BCUT2D eigenvalue weighted by Crippen LogP contribution is 2.37. The summed E-state index contributed by atoms with van der Waals surface area (Å²) in [5.74, 6) is 1.93. The number of aliphatic hydroxyl groups excluding tert-OH is 1. The molecule has 25 heavy (non-hydrogen) atoms. The van der Waals surface area contributed by atoms with E-state index in [0.717, 1.165) is 29.9 Å². The third-order valence-electron chi connectivity index (χ3n) is 5.77. The molecule has 2 atom stereocenters. The second-order valence-corrected chi connectivity index (χ2v) is 8.26. The zero-order valence-electron chi connectivity index (χ0n) is 14.8. The molecule has 0 aromatic carbocycles. The molecule has 138 valence electrons. The van der Waals surface area contributed by atoms with Crippen molar-refractivity contribution in [3.05, 3.63) is 22.3 Å². The fourth-order valence-corrected chi connectivity index (χ4v) is 4.74. The second kappa shape index (κ2) is 8.49. The number of hydrogen-bond donors (Lipinski definition) is 1. The van der Waals surface area contributed by atoms with Gasteiger partial charge in [-0.2, -0.15) is 0 Å². The molecule has 0 spiro atoms. The predicted molar refractivity (Wildman–Crippen MR) is 101 cm³/mol. The molecule has 0 radical (unpaired) electrons. The van der Waals surface area contributed by atoms with Gasteiger partial charge in [0.2, 0.25) is 0 Å². The van der Waals surface area contributed by atoms with E-state index in [4.69, 9.17) is 4.74 Å². The molecule has 2 unspecified atom stereocenters. The van der Waals surface area contributed by atoms with Gasteiger partial charge in [-0.1, -0.05) is 25.7 Å². The van der Waals surface area contributed by atoms with Gasteiger partial charge in [0.15, 0.2) is 0 Å². The maximum Gasteiger partial charge on any atom is 0.341 e. The summed E-state index contributed by atoms with van der Waals surface area (Å²) in [7, 11) is 1.39. The van der Waals surface area contributed by atoms with Crippen LogP contribution in [0.5, 0.6) is 0 Å². The first-order valence-electron chi connectivity index (χ1n) is 9.22. The standard InChI is InChI=1S/C19H27BrN2O3/c1-25-19(24)17-9-16(20)10-21-18(17)22-7-6-14(15(11-22)12-23)8-13-4-2-3-5-13/h9-10,13-15,23H,2-8,11-12H2,1H3. The lowest BCUT2D eigenvalue weighted by molar-refractivity contribution is 0.0600. The lowest BCUT2D eigenvalue weighted by Crippen LogP contribution is -2.43. The van der Waals surface area contributed by atoms with Gasteiger partial charge in [0, 0.05) is 36.3 Å². The van der Waals surface area contributed by atoms with E-state index in [2.05, 4.69) is 25.8 Å². The van der Waals surface area contributed by atoms with Gasteiger partial charge >= 0.3 is 5.97 Å². The Hall–Kier alpha value is -1.14. The summed E-state index contributed by atoms with van der Waals surface area (Å²) in [6.45, 7) is 1.80. The van der Waals surface area contributed by atoms with E-state index in [9.17, 15) is 9.90 Å². The molecule has 6 heteroatoms. The third-order valence-corrected chi connectivity index (χ3v) is 6.21. The number of carbonyl (C=O) groups excluding carboxylic acids is 1. The Labute approximate surface area is 157 Å². The van der Waals surface area contributed by atoms with Gasteiger partial charge in [-0.3, -0.25) is 0 Å². The number of rotatable bonds is 5. The van der Waals surface area contributed by atoms with Gasteiger partial charge in [0.1, 0.15) is 11.4 Å². The van der Waals surface area contributed by atoms with Gasteiger partial charge in [-0.05, 0) is 46.7 Å². The molecule has 2 aliphatic rings. The second-order valence-electron chi connectivity index (χ2n) is 7.34. The van der Waals surface area contributed by atoms with Gasteiger partial charge in [0.05, 0.1) is 7.11 Å². The van der Waals surface area contributed by atoms with Crippen molar-refractivity contribution in [2.45, 2.75) is 38.5 Å². The summed E-state index contributed by atoms with van der Waals surface area (Å²) in [5.41, 5.74) is 0.475. The molecular weight excluding hydrogens is 384 g/mol. The molecule has 5 nitrogen and oxygen atoms in total. The number of ether oxygens (including phenoxy) is 1. The predicted octanol–water partition coefficient (Wildman–Crippen LogP) is 3.65. The minimum Gasteiger partial charge on any atom is -0.465 e. The molecule has 1 saturated carbocycles. The molecule has 1 aromatic rings. The summed E-state index contributed by atoms with van der Waals surface area (Å²) in [5, 5.41) is 9.92. The van der Waals surface area contributed by atoms with Crippen molar-refractivity contribution >= 4 is 27.7 Å². The fourth-order valence-electron chi connectivity index (χ4n) is 4.41. The van der Waals surface area contributed by atoms with Crippen molar-refractivity contribution in [2.75, 3.05) is 31.7 Å². The van der Waals surface area contributed by atoms with Gasteiger partial charge in [0.25, 0.3) is 0 Å². The van der Waals surface area contributed by atoms with E-state index in [1.54, 1.807) is 12.3 Å². The number of aromatic nitrogens is 1. The number of hydrogen-bond acceptors (Lipinski definition) is 5. The van der Waals surface area contributed by atoms with Crippen LogP contribution in [0.4, 0.5) is 5.82 Å². The van der Waals surface area contributed by atoms with Crippen LogP contribution < -0.4 is 4.90 Å². The van der Waals surface area contributed by atoms with Gasteiger partial charge in [-0.25, -0.2) is 9.78 Å². The molecule has 1 aliphatic carbocycles. The number of pyridine rings is 1. The molecule has 0 amide bonds. The Balaban J connectivity index is 1.73. The van der Waals surface area contributed by atoms with Crippen LogP contribution in [-0.4, -0.2) is 42.9 Å². The van der Waals surface area contributed by atoms with Crippen molar-refractivity contribution in [3.8, 4) is 0 Å². The number of esters is 1. The third kappa shape index (κ3) is 4.34. The van der Waals surface area contributed by atoms with Crippen molar-refractivity contribution in [2.24, 2.45) is 17.8 Å². The Morgan fingerprint density at radius 1 is 1.36 bits per heavy atom. The minimum atomic E-state index is -0.377. The first-order valence-corrected chi connectivity index (χ1v) is 10.0. The summed E-state index contributed by atoms with van der Waals surface area (Å²) in [4.78, 5) is 18.7. The van der Waals surface area contributed by atoms with Crippen LogP contribution >= 0.6 is 15.9 Å². The first kappa shape index (κ1) is 18.6. The van der Waals surface area contributed by atoms with Crippen LogP contribution in [0.15, 0.2) is 16.7 Å². The molecule has 1 aliphatic heterocycles. The lowest BCUT2D eigenvalue weighted by Gasteiger charge is -2.40. The van der Waals surface area contributed by atoms with E-state index < -0.39 is 0 Å². The largest absolute Gasteiger partial charge is 0.465 e. The summed E-state index contributed by atoms with van der Waals surface area (Å²) < 4.78 is 5.67. The Morgan fingerprint density at radius 3 is 2.80 bits per heavy atom. The van der Waals surface area contributed by atoms with Crippen LogP contribution in [0.2, 0.25) is 0 Å². The zero-order chi connectivity index (χ0) is 17.8. The summed E-state index contributed by atoms with van der Waals surface area (Å²) in [6.07, 6.45) is 9.40. The molecule has 2 heterocycles. The first-order chi connectivity index (χ1) is 12.1. The highest BCUT2D eigenvalue weighted by Gasteiger charge is 2.33. The summed E-state index contributed by atoms with van der Waals surface area (Å²) in [6, 6.07) is 1.76. The van der Waals surface area contributed by atoms with E-state index in [1.165, 1.54) is 39.2 Å². The molecule has 1 N–H and O–H groups in total. The topological polar surface area (TPSA) is 62.7 Å². The maximum atomic E-state index is 12.1. The monoisotopic (exact) mass is 410 g/mol. The SMILES string of the molecule is COC(=O)c1cc(Br)cnc1N1CCC(CC2CCCC2)C(CO)C1. The van der Waals surface area contributed by atoms with Crippen LogP contribution in [-0.2, 0) is 4.74 Å². The Kier molecular flexibility index (Phi) is 6.34. The number of anilines is 1. The Morgan fingerprint density at radius 2 is 2.12 bits per heavy atom. The van der Waals surface area contributed by atoms with E-state index in [-0.39, 0.29) is 18.5 Å². The van der Waals surface area contributed by atoms with Crippen LogP contribution in [0.1, 0.15) is 48.9 Å². The normalized spacial score (nSPS) is 24.5. The smallest absolute Gasteiger partial charge is 0.341 e. The van der Waals surface area contributed by atoms with Crippen molar-refractivity contribution in [1.82, 2.24) is 4.98 Å². The van der Waals surface area contributed by atoms with E-state index in [1.807, 2.05) is 0 Å². The quantitative estimate of drug-likeness (QED) is 0.750. The van der Waals surface area contributed by atoms with Crippen molar-refractivity contribution in [1.29, 1.82) is 0 Å². The lowest BCUT2D eigenvalue weighted by atomic mass is 9.79. The molecule has 1 saturated heterocycles. The number of aliphatic hydroxyl groups is 1. The van der Waals surface area contributed by atoms with Crippen molar-refractivity contribution in [3.63, 3.8) is 0 Å². The number of methoxy groups -OCH3 is 1. The average molecular weight is 411 g/mol. The van der Waals surface area contributed by atoms with Crippen LogP contribution in [0, 0.1) is 17.8 Å². The van der Waals surface area contributed by atoms with E-state index >= 15 is 0 Å². The maximum absolute atomic E-state index is 12.1. The highest BCUT2D eigenvalue weighted by atomic mass is 79.9. The Bertz CT molecular complexity index is 604. The molecular formula is C19H27BrN2O3. The van der Waals surface area contributed by atoms with Crippen LogP contribution in [0.25, 0.3) is 0 Å². The number of nitrogens with zero attached hydrogens (tertiary/aromatic N) is 2. The summed E-state index contributed by atoms with van der Waals surface area (Å²) >= 11 is 3.37. The number of carbonyl (C=O) groups is 1. The number of piperidine rings is 1. The average Bonchev–Trinajstić information content (AvgIpc) is 3.14. The molecule has 2 fully saturated rings. The number of halogens is 1. The zero-order valence-corrected chi connectivity index (χ0v) is 16.4. The molecule has 3 rings (SSSR count). The van der Waals surface area contributed by atoms with Crippen LogP contribution in [0.3, 0.4) is 0 Å². The minimum absolute atomic E-state index is 0.192. The van der Waals surface area contributed by atoms with Gasteiger partial charge in [-0.15, -0.1) is 0 Å². The van der Waals surface area contributed by atoms with E-state index in [0.29, 0.717) is 17.3 Å². The molecule has 1 aromatic heterocycles. The molecule has 0 bridgehead atoms. The van der Waals surface area contributed by atoms with Crippen molar-refractivity contribution < 1.29 is 14.6 Å². The fraction of sp³-hybridized carbons (Fsp3) is 0.684. The highest BCUT2D eigenvalue weighted by molar-refractivity contribution is 9.10.